The van der Waals surface area contributed by atoms with Crippen LogP contribution < -0.4 is 5.73 Å². The normalized spacial score (nSPS) is 50.5. The Morgan fingerprint density at radius 2 is 2.23 bits per heavy atom. The fourth-order valence-electron chi connectivity index (χ4n) is 2.44. The van der Waals surface area contributed by atoms with Crippen molar-refractivity contribution in [2.45, 2.75) is 44.5 Å². The van der Waals surface area contributed by atoms with Crippen molar-refractivity contribution >= 4 is 0 Å². The Balaban J connectivity index is 2.06. The summed E-state index contributed by atoms with van der Waals surface area (Å²) in [7, 11) is 0. The van der Waals surface area contributed by atoms with Crippen LogP contribution in [0.15, 0.2) is 0 Å². The third-order valence-corrected chi connectivity index (χ3v) is 3.68. The van der Waals surface area contributed by atoms with Gasteiger partial charge in [0.15, 0.2) is 0 Å². The summed E-state index contributed by atoms with van der Waals surface area (Å²) >= 11 is 0. The molecule has 1 spiro atoms. The van der Waals surface area contributed by atoms with Gasteiger partial charge in [-0.2, -0.15) is 0 Å². The van der Waals surface area contributed by atoms with E-state index in [1.807, 2.05) is 0 Å². The van der Waals surface area contributed by atoms with Crippen molar-refractivity contribution in [3.8, 4) is 0 Å². The second-order valence-corrected chi connectivity index (χ2v) is 4.38. The van der Waals surface area contributed by atoms with Crippen molar-refractivity contribution in [2.75, 3.05) is 13.2 Å². The predicted molar refractivity (Wildman–Crippen MR) is 50.5 cm³/mol. The van der Waals surface area contributed by atoms with Gasteiger partial charge in [-0.15, -0.1) is 0 Å². The Morgan fingerprint density at radius 1 is 1.46 bits per heavy atom. The SMILES string of the molecule is C[C@@H]1OC[C@]2(CC[C@H](CN)O2)[C@@H]1C. The highest BCUT2D eigenvalue weighted by molar-refractivity contribution is 4.99. The van der Waals surface area contributed by atoms with Crippen LogP contribution in [0, 0.1) is 5.92 Å². The lowest BCUT2D eigenvalue weighted by atomic mass is 9.86. The molecule has 13 heavy (non-hydrogen) atoms. The molecule has 0 radical (unpaired) electrons. The molecule has 2 saturated heterocycles. The first kappa shape index (κ1) is 9.44. The van der Waals surface area contributed by atoms with Crippen LogP contribution in [0.1, 0.15) is 26.7 Å². The van der Waals surface area contributed by atoms with E-state index >= 15 is 0 Å². The van der Waals surface area contributed by atoms with Crippen LogP contribution in [-0.2, 0) is 9.47 Å². The highest BCUT2D eigenvalue weighted by atomic mass is 16.6. The van der Waals surface area contributed by atoms with Gasteiger partial charge in [0.1, 0.15) is 0 Å². The zero-order chi connectivity index (χ0) is 9.47. The Bertz CT molecular complexity index is 197. The summed E-state index contributed by atoms with van der Waals surface area (Å²) in [5.41, 5.74) is 5.59. The summed E-state index contributed by atoms with van der Waals surface area (Å²) in [6.45, 7) is 5.74. The molecule has 0 aromatic rings. The average Bonchev–Trinajstić information content (AvgIpc) is 2.67. The molecule has 2 aliphatic heterocycles. The van der Waals surface area contributed by atoms with E-state index in [2.05, 4.69) is 13.8 Å². The van der Waals surface area contributed by atoms with Crippen molar-refractivity contribution in [1.82, 2.24) is 0 Å². The molecule has 2 rings (SSSR count). The second-order valence-electron chi connectivity index (χ2n) is 4.38. The minimum Gasteiger partial charge on any atom is -0.375 e. The Labute approximate surface area is 79.6 Å². The van der Waals surface area contributed by atoms with Gasteiger partial charge >= 0.3 is 0 Å². The molecule has 2 aliphatic rings. The van der Waals surface area contributed by atoms with E-state index in [0.717, 1.165) is 19.4 Å². The molecule has 76 valence electrons. The summed E-state index contributed by atoms with van der Waals surface area (Å²) in [5.74, 6) is 0.504. The third-order valence-electron chi connectivity index (χ3n) is 3.68. The molecule has 0 aromatic heterocycles. The number of hydrogen-bond acceptors (Lipinski definition) is 3. The van der Waals surface area contributed by atoms with Gasteiger partial charge in [0.25, 0.3) is 0 Å². The summed E-state index contributed by atoms with van der Waals surface area (Å²) in [6, 6.07) is 0. The fourth-order valence-corrected chi connectivity index (χ4v) is 2.44. The van der Waals surface area contributed by atoms with Crippen molar-refractivity contribution in [1.29, 1.82) is 0 Å². The lowest BCUT2D eigenvalue weighted by Gasteiger charge is -2.28. The molecular formula is C10H19NO2. The maximum atomic E-state index is 5.99. The molecule has 0 aliphatic carbocycles. The quantitative estimate of drug-likeness (QED) is 0.660. The summed E-state index contributed by atoms with van der Waals surface area (Å²) in [4.78, 5) is 0. The molecule has 0 aromatic carbocycles. The highest BCUT2D eigenvalue weighted by Crippen LogP contribution is 2.43. The van der Waals surface area contributed by atoms with Crippen molar-refractivity contribution < 1.29 is 9.47 Å². The lowest BCUT2D eigenvalue weighted by Crippen LogP contribution is -2.38. The van der Waals surface area contributed by atoms with E-state index in [1.54, 1.807) is 0 Å². The fraction of sp³-hybridized carbons (Fsp3) is 1.00. The van der Waals surface area contributed by atoms with Gasteiger partial charge in [0, 0.05) is 12.5 Å². The van der Waals surface area contributed by atoms with E-state index in [4.69, 9.17) is 15.2 Å². The van der Waals surface area contributed by atoms with E-state index in [1.165, 1.54) is 0 Å². The molecule has 0 unspecified atom stereocenters. The van der Waals surface area contributed by atoms with E-state index in [9.17, 15) is 0 Å². The summed E-state index contributed by atoms with van der Waals surface area (Å²) < 4.78 is 11.6. The van der Waals surface area contributed by atoms with E-state index in [-0.39, 0.29) is 11.7 Å². The van der Waals surface area contributed by atoms with Crippen LogP contribution in [0.5, 0.6) is 0 Å². The van der Waals surface area contributed by atoms with Crippen molar-refractivity contribution in [3.05, 3.63) is 0 Å². The number of rotatable bonds is 1. The Hall–Kier alpha value is -0.120. The topological polar surface area (TPSA) is 44.5 Å². The van der Waals surface area contributed by atoms with Gasteiger partial charge in [-0.25, -0.2) is 0 Å². The minimum atomic E-state index is -0.0105. The largest absolute Gasteiger partial charge is 0.375 e. The third kappa shape index (κ3) is 1.39. The highest BCUT2D eigenvalue weighted by Gasteiger charge is 2.50. The van der Waals surface area contributed by atoms with Crippen molar-refractivity contribution in [3.63, 3.8) is 0 Å². The van der Waals surface area contributed by atoms with Crippen LogP contribution in [-0.4, -0.2) is 31.0 Å². The first-order valence-electron chi connectivity index (χ1n) is 5.17. The van der Waals surface area contributed by atoms with Crippen molar-refractivity contribution in [2.24, 2.45) is 11.7 Å². The number of hydrogen-bond donors (Lipinski definition) is 1. The molecule has 2 N–H and O–H groups in total. The summed E-state index contributed by atoms with van der Waals surface area (Å²) in [6.07, 6.45) is 2.80. The zero-order valence-corrected chi connectivity index (χ0v) is 8.45. The molecule has 3 heteroatoms. The molecule has 0 bridgehead atoms. The summed E-state index contributed by atoms with van der Waals surface area (Å²) in [5, 5.41) is 0. The van der Waals surface area contributed by atoms with E-state index < -0.39 is 0 Å². The molecule has 3 nitrogen and oxygen atoms in total. The van der Waals surface area contributed by atoms with Crippen LogP contribution in [0.4, 0.5) is 0 Å². The predicted octanol–water partition coefficient (Wildman–Crippen LogP) is 0.918. The number of ether oxygens (including phenoxy) is 2. The molecular weight excluding hydrogens is 166 g/mol. The van der Waals surface area contributed by atoms with Crippen LogP contribution >= 0.6 is 0 Å². The molecule has 2 heterocycles. The first-order chi connectivity index (χ1) is 6.18. The minimum absolute atomic E-state index is 0.0105. The second kappa shape index (κ2) is 3.23. The van der Waals surface area contributed by atoms with Crippen LogP contribution in [0.3, 0.4) is 0 Å². The van der Waals surface area contributed by atoms with Gasteiger partial charge in [-0.3, -0.25) is 0 Å². The van der Waals surface area contributed by atoms with Crippen LogP contribution in [0.25, 0.3) is 0 Å². The first-order valence-corrected chi connectivity index (χ1v) is 5.17. The monoisotopic (exact) mass is 185 g/mol. The van der Waals surface area contributed by atoms with Gasteiger partial charge in [0.2, 0.25) is 0 Å². The van der Waals surface area contributed by atoms with Crippen LogP contribution in [0.2, 0.25) is 0 Å². The Morgan fingerprint density at radius 3 is 2.69 bits per heavy atom. The van der Waals surface area contributed by atoms with Gasteiger partial charge in [0.05, 0.1) is 24.4 Å². The maximum Gasteiger partial charge on any atom is 0.0970 e. The zero-order valence-electron chi connectivity index (χ0n) is 8.45. The lowest BCUT2D eigenvalue weighted by molar-refractivity contribution is -0.0586. The molecule has 0 saturated carbocycles. The van der Waals surface area contributed by atoms with E-state index in [0.29, 0.717) is 18.6 Å². The van der Waals surface area contributed by atoms with Gasteiger partial charge in [-0.05, 0) is 19.8 Å². The van der Waals surface area contributed by atoms with Gasteiger partial charge in [-0.1, -0.05) is 6.92 Å². The number of nitrogens with two attached hydrogens (primary N) is 1. The smallest absolute Gasteiger partial charge is 0.0970 e. The maximum absolute atomic E-state index is 5.99. The average molecular weight is 185 g/mol. The molecule has 0 amide bonds. The van der Waals surface area contributed by atoms with Gasteiger partial charge < -0.3 is 15.2 Å². The molecule has 4 atom stereocenters. The standard InChI is InChI=1S/C10H19NO2/c1-7-8(2)12-6-10(7)4-3-9(5-11)13-10/h7-9H,3-6,11H2,1-2H3/t7-,8+,9-,10-/m1/s1. The molecule has 2 fully saturated rings. The Kier molecular flexibility index (Phi) is 2.34.